The van der Waals surface area contributed by atoms with Crippen LogP contribution in [0.2, 0.25) is 0 Å². The number of anilines is 3. The fraction of sp³-hybridized carbons (Fsp3) is 0.0400. The van der Waals surface area contributed by atoms with Gasteiger partial charge in [-0.3, -0.25) is 9.59 Å². The zero-order valence-electron chi connectivity index (χ0n) is 17.2. The van der Waals surface area contributed by atoms with Gasteiger partial charge in [-0.15, -0.1) is 0 Å². The molecule has 0 saturated carbocycles. The van der Waals surface area contributed by atoms with E-state index in [-0.39, 0.29) is 11.8 Å². The number of nitrogens with zero attached hydrogens (tertiary/aromatic N) is 2. The number of carbonyl (C=O) groups is 2. The van der Waals surface area contributed by atoms with E-state index in [0.717, 1.165) is 11.3 Å². The molecule has 0 bridgehead atoms. The average molecular weight is 423 g/mol. The molecule has 7 nitrogen and oxygen atoms in total. The normalized spacial score (nSPS) is 10.2. The van der Waals surface area contributed by atoms with Crippen LogP contribution in [0.25, 0.3) is 0 Å². The monoisotopic (exact) mass is 423 g/mol. The van der Waals surface area contributed by atoms with E-state index in [1.807, 2.05) is 42.5 Å². The second kappa shape index (κ2) is 9.99. The molecule has 0 unspecified atom stereocenters. The van der Waals surface area contributed by atoms with Crippen molar-refractivity contribution in [2.24, 2.45) is 0 Å². The Kier molecular flexibility index (Phi) is 6.48. The predicted molar refractivity (Wildman–Crippen MR) is 124 cm³/mol. The first-order chi connectivity index (χ1) is 15.7. The minimum Gasteiger partial charge on any atom is -0.348 e. The Morgan fingerprint density at radius 1 is 0.688 bits per heavy atom. The number of rotatable bonds is 7. The van der Waals surface area contributed by atoms with Gasteiger partial charge < -0.3 is 16.0 Å². The van der Waals surface area contributed by atoms with Crippen LogP contribution in [0.15, 0.2) is 97.3 Å². The lowest BCUT2D eigenvalue weighted by Crippen LogP contribution is -2.23. The molecule has 3 aromatic carbocycles. The van der Waals surface area contributed by atoms with Crippen LogP contribution in [0.5, 0.6) is 0 Å². The van der Waals surface area contributed by atoms with Crippen molar-refractivity contribution < 1.29 is 9.59 Å². The Morgan fingerprint density at radius 2 is 1.38 bits per heavy atom. The Bertz CT molecular complexity index is 1210. The van der Waals surface area contributed by atoms with Crippen molar-refractivity contribution in [3.8, 4) is 0 Å². The van der Waals surface area contributed by atoms with Crippen LogP contribution in [0.4, 0.5) is 17.3 Å². The molecule has 4 rings (SSSR count). The molecule has 0 aliphatic heterocycles. The molecule has 2 amide bonds. The molecule has 0 saturated heterocycles. The number of hydrogen-bond acceptors (Lipinski definition) is 5. The van der Waals surface area contributed by atoms with Crippen molar-refractivity contribution in [2.75, 3.05) is 10.6 Å². The smallest absolute Gasteiger partial charge is 0.255 e. The second-order valence-electron chi connectivity index (χ2n) is 6.98. The Balaban J connectivity index is 1.37. The molecule has 0 spiro atoms. The molecule has 1 aromatic heterocycles. The molecular formula is C25H21N5O2. The van der Waals surface area contributed by atoms with E-state index >= 15 is 0 Å². The van der Waals surface area contributed by atoms with Crippen LogP contribution in [-0.4, -0.2) is 21.8 Å². The maximum absolute atomic E-state index is 12.6. The summed E-state index contributed by atoms with van der Waals surface area (Å²) in [5, 5.41) is 8.82. The molecule has 1 heterocycles. The lowest BCUT2D eigenvalue weighted by molar-refractivity contribution is 0.0950. The molecule has 0 fully saturated rings. The Morgan fingerprint density at radius 3 is 2.16 bits per heavy atom. The highest BCUT2D eigenvalue weighted by molar-refractivity contribution is 6.04. The van der Waals surface area contributed by atoms with Gasteiger partial charge in [0.2, 0.25) is 5.95 Å². The SMILES string of the molecule is O=C(NCc1cccc(C(=O)Nc2ccccc2)c1)c1cccc(Nc2ncccn2)c1. The predicted octanol–water partition coefficient (Wildman–Crippen LogP) is 4.40. The van der Waals surface area contributed by atoms with E-state index in [0.29, 0.717) is 29.3 Å². The van der Waals surface area contributed by atoms with E-state index in [2.05, 4.69) is 25.9 Å². The van der Waals surface area contributed by atoms with Gasteiger partial charge in [0.1, 0.15) is 0 Å². The van der Waals surface area contributed by atoms with Gasteiger partial charge in [-0.2, -0.15) is 0 Å². The number of hydrogen-bond donors (Lipinski definition) is 3. The van der Waals surface area contributed by atoms with Gasteiger partial charge in [-0.05, 0) is 54.1 Å². The number of aromatic nitrogens is 2. The lowest BCUT2D eigenvalue weighted by Gasteiger charge is -2.10. The van der Waals surface area contributed by atoms with E-state index in [1.165, 1.54) is 0 Å². The van der Waals surface area contributed by atoms with E-state index in [9.17, 15) is 9.59 Å². The van der Waals surface area contributed by atoms with Crippen molar-refractivity contribution in [1.29, 1.82) is 0 Å². The summed E-state index contributed by atoms with van der Waals surface area (Å²) < 4.78 is 0. The molecule has 7 heteroatoms. The molecule has 0 radical (unpaired) electrons. The molecule has 158 valence electrons. The summed E-state index contributed by atoms with van der Waals surface area (Å²) in [5.74, 6) is 0.0312. The number of benzene rings is 3. The lowest BCUT2D eigenvalue weighted by atomic mass is 10.1. The van der Waals surface area contributed by atoms with Gasteiger partial charge in [0.05, 0.1) is 0 Å². The van der Waals surface area contributed by atoms with Crippen LogP contribution in [-0.2, 0) is 6.54 Å². The molecule has 3 N–H and O–H groups in total. The van der Waals surface area contributed by atoms with Gasteiger partial charge in [-0.1, -0.05) is 36.4 Å². The molecule has 0 aliphatic rings. The summed E-state index contributed by atoms with van der Waals surface area (Å²) in [6.45, 7) is 0.296. The van der Waals surface area contributed by atoms with E-state index < -0.39 is 0 Å². The highest BCUT2D eigenvalue weighted by Crippen LogP contribution is 2.15. The summed E-state index contributed by atoms with van der Waals surface area (Å²) in [6.07, 6.45) is 3.28. The zero-order chi connectivity index (χ0) is 22.2. The van der Waals surface area contributed by atoms with Crippen LogP contribution in [0.1, 0.15) is 26.3 Å². The van der Waals surface area contributed by atoms with Crippen molar-refractivity contribution in [3.05, 3.63) is 114 Å². The largest absolute Gasteiger partial charge is 0.348 e. The second-order valence-corrected chi connectivity index (χ2v) is 6.98. The van der Waals surface area contributed by atoms with Crippen LogP contribution < -0.4 is 16.0 Å². The van der Waals surface area contributed by atoms with Gasteiger partial charge in [0.25, 0.3) is 11.8 Å². The van der Waals surface area contributed by atoms with Crippen molar-refractivity contribution in [2.45, 2.75) is 6.54 Å². The van der Waals surface area contributed by atoms with Gasteiger partial charge in [0, 0.05) is 41.4 Å². The molecular weight excluding hydrogens is 402 g/mol. The third-order valence-corrected chi connectivity index (χ3v) is 4.62. The van der Waals surface area contributed by atoms with Crippen LogP contribution in [0, 0.1) is 0 Å². The third-order valence-electron chi connectivity index (χ3n) is 4.62. The van der Waals surface area contributed by atoms with Crippen molar-refractivity contribution in [1.82, 2.24) is 15.3 Å². The van der Waals surface area contributed by atoms with Crippen LogP contribution >= 0.6 is 0 Å². The molecule has 0 atom stereocenters. The number of nitrogens with one attached hydrogen (secondary N) is 3. The minimum absolute atomic E-state index is 0.203. The molecule has 4 aromatic rings. The summed E-state index contributed by atoms with van der Waals surface area (Å²) in [5.41, 5.74) is 3.29. The highest BCUT2D eigenvalue weighted by atomic mass is 16.2. The topological polar surface area (TPSA) is 96.0 Å². The fourth-order valence-electron chi connectivity index (χ4n) is 3.06. The summed E-state index contributed by atoms with van der Waals surface area (Å²) in [7, 11) is 0. The van der Waals surface area contributed by atoms with Gasteiger partial charge in [0.15, 0.2) is 0 Å². The number of carbonyl (C=O) groups excluding carboxylic acids is 2. The first-order valence-electron chi connectivity index (χ1n) is 10.0. The first-order valence-corrected chi connectivity index (χ1v) is 10.0. The fourth-order valence-corrected chi connectivity index (χ4v) is 3.06. The molecule has 0 aliphatic carbocycles. The summed E-state index contributed by atoms with van der Waals surface area (Å²) in [4.78, 5) is 33.4. The summed E-state index contributed by atoms with van der Waals surface area (Å²) in [6, 6.07) is 25.3. The maximum atomic E-state index is 12.6. The maximum Gasteiger partial charge on any atom is 0.255 e. The van der Waals surface area contributed by atoms with E-state index in [1.54, 1.807) is 54.9 Å². The standard InChI is InChI=1S/C25H21N5O2/c31-23(20-9-5-12-22(16-20)30-25-26-13-6-14-27-25)28-17-18-7-4-8-19(15-18)24(32)29-21-10-2-1-3-11-21/h1-16H,17H2,(H,28,31)(H,29,32)(H,26,27,30). The van der Waals surface area contributed by atoms with Crippen molar-refractivity contribution in [3.63, 3.8) is 0 Å². The quantitative estimate of drug-likeness (QED) is 0.409. The average Bonchev–Trinajstić information content (AvgIpc) is 2.84. The Labute approximate surface area is 185 Å². The van der Waals surface area contributed by atoms with Crippen LogP contribution in [0.3, 0.4) is 0 Å². The van der Waals surface area contributed by atoms with Crippen molar-refractivity contribution >= 4 is 29.1 Å². The minimum atomic E-state index is -0.221. The number of para-hydroxylation sites is 1. The number of amides is 2. The highest BCUT2D eigenvalue weighted by Gasteiger charge is 2.09. The third kappa shape index (κ3) is 5.54. The van der Waals surface area contributed by atoms with Gasteiger partial charge >= 0.3 is 0 Å². The van der Waals surface area contributed by atoms with E-state index in [4.69, 9.17) is 0 Å². The molecule has 32 heavy (non-hydrogen) atoms. The first kappa shape index (κ1) is 20.7. The Hall–Kier alpha value is -4.52. The zero-order valence-corrected chi connectivity index (χ0v) is 17.2. The van der Waals surface area contributed by atoms with Gasteiger partial charge in [-0.25, -0.2) is 9.97 Å². The summed E-state index contributed by atoms with van der Waals surface area (Å²) >= 11 is 0.